The lowest BCUT2D eigenvalue weighted by atomic mass is 10.1. The highest BCUT2D eigenvalue weighted by Gasteiger charge is 2.24. The summed E-state index contributed by atoms with van der Waals surface area (Å²) in [6.07, 6.45) is 1.01. The summed E-state index contributed by atoms with van der Waals surface area (Å²) in [6, 6.07) is 7.16. The van der Waals surface area contributed by atoms with Crippen LogP contribution in [0.2, 0.25) is 0 Å². The van der Waals surface area contributed by atoms with Crippen LogP contribution >= 0.6 is 0 Å². The van der Waals surface area contributed by atoms with Crippen LogP contribution in [-0.2, 0) is 10.0 Å². The molecule has 0 saturated heterocycles. The summed E-state index contributed by atoms with van der Waals surface area (Å²) < 4.78 is 25.1. The number of aromatic hydroxyl groups is 3. The minimum atomic E-state index is -3.67. The van der Waals surface area contributed by atoms with Gasteiger partial charge in [-0.05, 0) is 44.2 Å². The van der Waals surface area contributed by atoms with Crippen LogP contribution in [-0.4, -0.2) is 41.9 Å². The number of phenolic OH excluding ortho intramolecular Hbond substituents is 3. The summed E-state index contributed by atoms with van der Waals surface area (Å²) >= 11 is 0. The van der Waals surface area contributed by atoms with E-state index in [2.05, 4.69) is 5.32 Å². The Labute approximate surface area is 151 Å². The van der Waals surface area contributed by atoms with Crippen LogP contribution in [0.4, 0.5) is 11.4 Å². The molecule has 2 aromatic rings. The molecule has 2 aromatic carbocycles. The molecule has 0 bridgehead atoms. The lowest BCUT2D eigenvalue weighted by molar-refractivity contribution is 0.102. The average molecular weight is 380 g/mol. The van der Waals surface area contributed by atoms with Crippen molar-refractivity contribution in [3.05, 3.63) is 42.0 Å². The zero-order valence-corrected chi connectivity index (χ0v) is 15.3. The molecule has 0 aliphatic carbocycles. The van der Waals surface area contributed by atoms with Gasteiger partial charge >= 0.3 is 0 Å². The fourth-order valence-electron chi connectivity index (χ4n) is 2.49. The van der Waals surface area contributed by atoms with E-state index in [1.54, 1.807) is 13.8 Å². The van der Waals surface area contributed by atoms with E-state index in [-0.39, 0.29) is 28.4 Å². The summed E-state index contributed by atoms with van der Waals surface area (Å²) in [5.74, 6) is -1.57. The molecule has 26 heavy (non-hydrogen) atoms. The molecule has 0 spiro atoms. The molecule has 140 valence electrons. The molecule has 0 aliphatic heterocycles. The monoisotopic (exact) mass is 380 g/mol. The van der Waals surface area contributed by atoms with Gasteiger partial charge in [-0.3, -0.25) is 9.10 Å². The van der Waals surface area contributed by atoms with Gasteiger partial charge < -0.3 is 20.6 Å². The third-order valence-corrected chi connectivity index (χ3v) is 4.87. The third kappa shape index (κ3) is 4.17. The van der Waals surface area contributed by atoms with Crippen molar-refractivity contribution >= 4 is 27.3 Å². The molecule has 9 heteroatoms. The van der Waals surface area contributed by atoms with Crippen LogP contribution in [0.3, 0.4) is 0 Å². The van der Waals surface area contributed by atoms with Crippen molar-refractivity contribution in [3.8, 4) is 17.2 Å². The summed E-state index contributed by atoms with van der Waals surface area (Å²) in [5.41, 5.74) is 0.340. The number of rotatable bonds is 5. The van der Waals surface area contributed by atoms with E-state index in [9.17, 15) is 28.5 Å². The van der Waals surface area contributed by atoms with E-state index in [1.807, 2.05) is 0 Å². The molecule has 0 fully saturated rings. The molecule has 2 rings (SSSR count). The van der Waals surface area contributed by atoms with Gasteiger partial charge in [0.25, 0.3) is 5.91 Å². The lowest BCUT2D eigenvalue weighted by Gasteiger charge is -2.27. The number of anilines is 2. The van der Waals surface area contributed by atoms with Crippen molar-refractivity contribution in [2.75, 3.05) is 15.9 Å². The van der Waals surface area contributed by atoms with E-state index < -0.39 is 27.7 Å². The highest BCUT2D eigenvalue weighted by atomic mass is 32.2. The molecular formula is C17H20N2O6S. The van der Waals surface area contributed by atoms with E-state index in [4.69, 9.17) is 0 Å². The van der Waals surface area contributed by atoms with Crippen molar-refractivity contribution in [2.24, 2.45) is 0 Å². The zero-order valence-electron chi connectivity index (χ0n) is 14.5. The number of carbonyl (C=O) groups excluding carboxylic acids is 1. The number of benzene rings is 2. The van der Waals surface area contributed by atoms with Crippen LogP contribution in [0.5, 0.6) is 17.2 Å². The predicted octanol–water partition coefficient (Wildman–Crippen LogP) is 2.23. The number of nitrogens with one attached hydrogen (secondary N) is 1. The molecule has 0 atom stereocenters. The number of sulfonamides is 1. The summed E-state index contributed by atoms with van der Waals surface area (Å²) in [6.45, 7) is 3.29. The predicted molar refractivity (Wildman–Crippen MR) is 98.3 cm³/mol. The van der Waals surface area contributed by atoms with Gasteiger partial charge in [-0.25, -0.2) is 8.42 Å². The van der Waals surface area contributed by atoms with Crippen molar-refractivity contribution in [3.63, 3.8) is 0 Å². The Morgan fingerprint density at radius 2 is 1.62 bits per heavy atom. The standard InChI is InChI=1S/C17H20N2O6S/c1-10(2)19(26(3,24)25)13-8-11(4-6-14(13)20)17(23)18-12-5-7-15(21)16(22)9-12/h4-10,20-22H,1-3H3,(H,18,23). The molecule has 0 aliphatic rings. The van der Waals surface area contributed by atoms with Gasteiger partial charge in [0.2, 0.25) is 10.0 Å². The Bertz CT molecular complexity index is 940. The Kier molecular flexibility index (Phi) is 5.31. The maximum Gasteiger partial charge on any atom is 0.255 e. The van der Waals surface area contributed by atoms with E-state index >= 15 is 0 Å². The number of carbonyl (C=O) groups is 1. The summed E-state index contributed by atoms with van der Waals surface area (Å²) in [4.78, 5) is 12.4. The molecule has 0 aromatic heterocycles. The van der Waals surface area contributed by atoms with Gasteiger partial charge in [0.15, 0.2) is 11.5 Å². The summed E-state index contributed by atoms with van der Waals surface area (Å²) in [7, 11) is -3.67. The molecule has 0 unspecified atom stereocenters. The first-order valence-corrected chi connectivity index (χ1v) is 9.51. The second-order valence-corrected chi connectivity index (χ2v) is 7.87. The van der Waals surface area contributed by atoms with Crippen LogP contribution in [0.15, 0.2) is 36.4 Å². The fourth-order valence-corrected chi connectivity index (χ4v) is 3.75. The Morgan fingerprint density at radius 1 is 1.00 bits per heavy atom. The number of nitrogens with zero attached hydrogens (tertiary/aromatic N) is 1. The van der Waals surface area contributed by atoms with Crippen molar-refractivity contribution < 1.29 is 28.5 Å². The molecule has 1 amide bonds. The van der Waals surface area contributed by atoms with Gasteiger partial charge in [0.05, 0.1) is 11.9 Å². The lowest BCUT2D eigenvalue weighted by Crippen LogP contribution is -2.36. The van der Waals surface area contributed by atoms with Crippen molar-refractivity contribution in [1.82, 2.24) is 0 Å². The number of hydrogen-bond acceptors (Lipinski definition) is 6. The highest BCUT2D eigenvalue weighted by molar-refractivity contribution is 7.92. The van der Waals surface area contributed by atoms with Crippen molar-refractivity contribution in [1.29, 1.82) is 0 Å². The van der Waals surface area contributed by atoms with E-state index in [0.717, 1.165) is 10.6 Å². The largest absolute Gasteiger partial charge is 0.506 e. The first-order valence-electron chi connectivity index (χ1n) is 7.66. The fraction of sp³-hybridized carbons (Fsp3) is 0.235. The van der Waals surface area contributed by atoms with Gasteiger partial charge in [0.1, 0.15) is 5.75 Å². The van der Waals surface area contributed by atoms with Gasteiger partial charge in [-0.1, -0.05) is 0 Å². The molecule has 8 nitrogen and oxygen atoms in total. The second kappa shape index (κ2) is 7.12. The third-order valence-electron chi connectivity index (χ3n) is 3.53. The SMILES string of the molecule is CC(C)N(c1cc(C(=O)Nc2ccc(O)c(O)c2)ccc1O)S(C)(=O)=O. The van der Waals surface area contributed by atoms with Gasteiger partial charge in [-0.2, -0.15) is 0 Å². The molecule has 4 N–H and O–H groups in total. The van der Waals surface area contributed by atoms with Gasteiger partial charge in [0, 0.05) is 23.4 Å². The first kappa shape index (κ1) is 19.4. The number of hydrogen-bond donors (Lipinski definition) is 4. The van der Waals surface area contributed by atoms with E-state index in [1.165, 1.54) is 36.4 Å². The summed E-state index contributed by atoms with van der Waals surface area (Å²) in [5, 5.41) is 31.4. The van der Waals surface area contributed by atoms with E-state index in [0.29, 0.717) is 0 Å². The van der Waals surface area contributed by atoms with Crippen LogP contribution in [0.25, 0.3) is 0 Å². The second-order valence-electron chi connectivity index (χ2n) is 6.01. The first-order chi connectivity index (χ1) is 12.0. The molecule has 0 heterocycles. The number of amides is 1. The molecular weight excluding hydrogens is 360 g/mol. The minimum Gasteiger partial charge on any atom is -0.506 e. The Balaban J connectivity index is 2.39. The van der Waals surface area contributed by atoms with Crippen LogP contribution < -0.4 is 9.62 Å². The maximum absolute atomic E-state index is 12.4. The normalized spacial score (nSPS) is 11.4. The molecule has 0 radical (unpaired) electrons. The maximum atomic E-state index is 12.4. The highest BCUT2D eigenvalue weighted by Crippen LogP contribution is 2.32. The Hall–Kier alpha value is -2.94. The Morgan fingerprint density at radius 3 is 2.15 bits per heavy atom. The zero-order chi connectivity index (χ0) is 19.6. The molecule has 0 saturated carbocycles. The topological polar surface area (TPSA) is 127 Å². The number of phenols is 3. The quantitative estimate of drug-likeness (QED) is 0.465. The minimum absolute atomic E-state index is 0.0105. The van der Waals surface area contributed by atoms with Gasteiger partial charge in [-0.15, -0.1) is 0 Å². The van der Waals surface area contributed by atoms with Crippen LogP contribution in [0, 0.1) is 0 Å². The average Bonchev–Trinajstić information content (AvgIpc) is 2.51. The van der Waals surface area contributed by atoms with Crippen LogP contribution in [0.1, 0.15) is 24.2 Å². The smallest absolute Gasteiger partial charge is 0.255 e. The van der Waals surface area contributed by atoms with Crippen molar-refractivity contribution in [2.45, 2.75) is 19.9 Å².